The number of benzene rings is 1. The molecule has 0 amide bonds. The van der Waals surface area contributed by atoms with Gasteiger partial charge in [-0.1, -0.05) is 0 Å². The molecule has 0 radical (unpaired) electrons. The van der Waals surface area contributed by atoms with Crippen molar-refractivity contribution in [2.24, 2.45) is 0 Å². The minimum atomic E-state index is -0.948. The summed E-state index contributed by atoms with van der Waals surface area (Å²) in [5, 5.41) is 9.69. The Hall–Kier alpha value is -1.79. The van der Waals surface area contributed by atoms with E-state index in [1.54, 1.807) is 33.3 Å². The average molecular weight is 296 g/mol. The fraction of sp³-hybridized carbons (Fsp3) is 0.533. The lowest BCUT2D eigenvalue weighted by Crippen LogP contribution is -2.41. The molecule has 6 heteroatoms. The minimum Gasteiger partial charge on any atom is -0.497 e. The number of ether oxygens (including phenoxy) is 4. The second kappa shape index (κ2) is 6.32. The van der Waals surface area contributed by atoms with Gasteiger partial charge in [-0.05, 0) is 25.1 Å². The van der Waals surface area contributed by atoms with Crippen molar-refractivity contribution < 1.29 is 28.8 Å². The third kappa shape index (κ3) is 3.11. The number of aliphatic hydroxyl groups excluding tert-OH is 1. The van der Waals surface area contributed by atoms with Crippen LogP contribution in [0.15, 0.2) is 18.2 Å². The summed E-state index contributed by atoms with van der Waals surface area (Å²) in [6.07, 6.45) is -0.789. The van der Waals surface area contributed by atoms with E-state index in [2.05, 4.69) is 0 Å². The van der Waals surface area contributed by atoms with E-state index in [1.165, 1.54) is 0 Å². The van der Waals surface area contributed by atoms with Crippen LogP contribution < -0.4 is 9.47 Å². The van der Waals surface area contributed by atoms with Crippen LogP contribution in [0, 0.1) is 0 Å². The molecule has 1 heterocycles. The smallest absolute Gasteiger partial charge is 0.293 e. The molecule has 2 rings (SSSR count). The highest BCUT2D eigenvalue weighted by Crippen LogP contribution is 2.38. The zero-order chi connectivity index (χ0) is 15.5. The molecule has 1 aliphatic rings. The maximum Gasteiger partial charge on any atom is 0.293 e. The van der Waals surface area contributed by atoms with Crippen molar-refractivity contribution in [3.8, 4) is 11.5 Å². The molecule has 1 saturated heterocycles. The summed E-state index contributed by atoms with van der Waals surface area (Å²) >= 11 is 0. The summed E-state index contributed by atoms with van der Waals surface area (Å²) < 4.78 is 21.2. The highest BCUT2D eigenvalue weighted by Gasteiger charge is 2.48. The predicted octanol–water partition coefficient (Wildman–Crippen LogP) is 1.29. The number of aliphatic hydroxyl groups is 1. The molecule has 1 aromatic carbocycles. The lowest BCUT2D eigenvalue weighted by molar-refractivity contribution is -0.150. The second-order valence-corrected chi connectivity index (χ2v) is 5.07. The summed E-state index contributed by atoms with van der Waals surface area (Å²) in [6, 6.07) is 5.41. The normalized spacial score (nSPS) is 28.2. The molecule has 1 N–H and O–H groups in total. The molecule has 6 nitrogen and oxygen atoms in total. The molecule has 0 aliphatic carbocycles. The molecule has 116 valence electrons. The molecule has 21 heavy (non-hydrogen) atoms. The van der Waals surface area contributed by atoms with Gasteiger partial charge in [-0.15, -0.1) is 0 Å². The van der Waals surface area contributed by atoms with Crippen LogP contribution in [0.4, 0.5) is 0 Å². The van der Waals surface area contributed by atoms with E-state index < -0.39 is 18.0 Å². The Balaban J connectivity index is 2.34. The van der Waals surface area contributed by atoms with Crippen LogP contribution in [0.25, 0.3) is 0 Å². The highest BCUT2D eigenvalue weighted by atomic mass is 16.6. The van der Waals surface area contributed by atoms with Crippen molar-refractivity contribution in [1.82, 2.24) is 0 Å². The van der Waals surface area contributed by atoms with E-state index in [-0.39, 0.29) is 6.42 Å². The first-order chi connectivity index (χ1) is 10.0. The quantitative estimate of drug-likeness (QED) is 0.797. The summed E-state index contributed by atoms with van der Waals surface area (Å²) in [7, 11) is 3.15. The number of hydrogen-bond donors (Lipinski definition) is 1. The van der Waals surface area contributed by atoms with Crippen molar-refractivity contribution in [3.05, 3.63) is 23.8 Å². The van der Waals surface area contributed by atoms with Gasteiger partial charge in [0.1, 0.15) is 17.1 Å². The van der Waals surface area contributed by atoms with Crippen LogP contribution in [0.5, 0.6) is 11.5 Å². The van der Waals surface area contributed by atoms with Gasteiger partial charge in [0.15, 0.2) is 6.29 Å². The van der Waals surface area contributed by atoms with E-state index >= 15 is 0 Å². The first-order valence-electron chi connectivity index (χ1n) is 6.70. The van der Waals surface area contributed by atoms with Gasteiger partial charge in [0, 0.05) is 18.4 Å². The largest absolute Gasteiger partial charge is 0.497 e. The first-order valence-corrected chi connectivity index (χ1v) is 6.70. The van der Waals surface area contributed by atoms with E-state index in [4.69, 9.17) is 18.9 Å². The average Bonchev–Trinajstić information content (AvgIpc) is 2.73. The molecule has 0 bridgehead atoms. The molecule has 3 atom stereocenters. The van der Waals surface area contributed by atoms with E-state index in [9.17, 15) is 9.90 Å². The molecular weight excluding hydrogens is 276 g/mol. The zero-order valence-electron chi connectivity index (χ0n) is 12.4. The molecule has 1 aromatic rings. The third-order valence-corrected chi connectivity index (χ3v) is 3.88. The number of rotatable bonds is 6. The topological polar surface area (TPSA) is 74.2 Å². The molecule has 0 aromatic heterocycles. The van der Waals surface area contributed by atoms with E-state index in [0.29, 0.717) is 24.4 Å². The van der Waals surface area contributed by atoms with Crippen LogP contribution in [-0.4, -0.2) is 43.8 Å². The Morgan fingerprint density at radius 1 is 1.43 bits per heavy atom. The van der Waals surface area contributed by atoms with Gasteiger partial charge in [0.05, 0.1) is 20.3 Å². The van der Waals surface area contributed by atoms with Crippen molar-refractivity contribution >= 4 is 6.47 Å². The molecule has 1 aliphatic heterocycles. The number of carbonyl (C=O) groups excluding carboxylic acids is 1. The Kier molecular flexibility index (Phi) is 4.69. The Bertz CT molecular complexity index is 503. The Morgan fingerprint density at radius 2 is 2.19 bits per heavy atom. The molecular formula is C15H20O6. The van der Waals surface area contributed by atoms with Gasteiger partial charge in [-0.25, -0.2) is 0 Å². The van der Waals surface area contributed by atoms with E-state index in [1.807, 2.05) is 6.07 Å². The van der Waals surface area contributed by atoms with Crippen LogP contribution in [-0.2, 0) is 20.7 Å². The SMILES string of the molecule is COc1ccc(OC)c(CC2(OC=O)CC(O)O[C@H]2C)c1. The van der Waals surface area contributed by atoms with Gasteiger partial charge in [-0.3, -0.25) is 4.79 Å². The van der Waals surface area contributed by atoms with Crippen LogP contribution in [0.1, 0.15) is 18.9 Å². The fourth-order valence-electron chi connectivity index (χ4n) is 2.71. The van der Waals surface area contributed by atoms with Crippen LogP contribution in [0.3, 0.4) is 0 Å². The van der Waals surface area contributed by atoms with Gasteiger partial charge in [0.2, 0.25) is 0 Å². The van der Waals surface area contributed by atoms with Crippen molar-refractivity contribution in [2.75, 3.05) is 14.2 Å². The standard InChI is InChI=1S/C15H20O6/c1-10-15(20-9-16,8-14(17)21-10)7-11-6-12(18-2)4-5-13(11)19-3/h4-6,9-10,14,17H,7-8H2,1-3H3/t10-,14?,15?/m0/s1. The van der Waals surface area contributed by atoms with E-state index in [0.717, 1.165) is 5.56 Å². The first kappa shape index (κ1) is 15.6. The Labute approximate surface area is 123 Å². The number of carbonyl (C=O) groups is 1. The zero-order valence-corrected chi connectivity index (χ0v) is 12.4. The maximum atomic E-state index is 10.9. The summed E-state index contributed by atoms with van der Waals surface area (Å²) in [5.74, 6) is 1.34. The summed E-state index contributed by atoms with van der Waals surface area (Å²) in [6.45, 7) is 2.16. The Morgan fingerprint density at radius 3 is 2.71 bits per heavy atom. The monoisotopic (exact) mass is 296 g/mol. The predicted molar refractivity (Wildman–Crippen MR) is 74.3 cm³/mol. The van der Waals surface area contributed by atoms with Crippen molar-refractivity contribution in [3.63, 3.8) is 0 Å². The molecule has 1 fully saturated rings. The molecule has 0 spiro atoms. The van der Waals surface area contributed by atoms with Crippen LogP contribution >= 0.6 is 0 Å². The van der Waals surface area contributed by atoms with Gasteiger partial charge in [-0.2, -0.15) is 0 Å². The fourth-order valence-corrected chi connectivity index (χ4v) is 2.71. The number of hydrogen-bond acceptors (Lipinski definition) is 6. The van der Waals surface area contributed by atoms with Gasteiger partial charge < -0.3 is 24.1 Å². The van der Waals surface area contributed by atoms with Gasteiger partial charge in [0.25, 0.3) is 6.47 Å². The van der Waals surface area contributed by atoms with Crippen molar-refractivity contribution in [1.29, 1.82) is 0 Å². The minimum absolute atomic E-state index is 0.216. The van der Waals surface area contributed by atoms with Crippen LogP contribution in [0.2, 0.25) is 0 Å². The van der Waals surface area contributed by atoms with Crippen molar-refractivity contribution in [2.45, 2.75) is 37.8 Å². The lowest BCUT2D eigenvalue weighted by atomic mass is 9.87. The summed E-state index contributed by atoms with van der Waals surface area (Å²) in [5.41, 5.74) is -0.0934. The highest BCUT2D eigenvalue weighted by molar-refractivity contribution is 5.43. The molecule has 2 unspecified atom stereocenters. The third-order valence-electron chi connectivity index (χ3n) is 3.88. The maximum absolute atomic E-state index is 10.9. The number of methoxy groups -OCH3 is 2. The summed E-state index contributed by atoms with van der Waals surface area (Å²) in [4.78, 5) is 10.9. The molecule has 0 saturated carbocycles. The van der Waals surface area contributed by atoms with Gasteiger partial charge >= 0.3 is 0 Å². The second-order valence-electron chi connectivity index (χ2n) is 5.07. The lowest BCUT2D eigenvalue weighted by Gasteiger charge is -2.30.